The maximum atomic E-state index is 11.3. The molecule has 0 spiro atoms. The van der Waals surface area contributed by atoms with E-state index < -0.39 is 19.5 Å². The second-order valence-electron chi connectivity index (χ2n) is 3.22. The molecule has 0 unspecified atom stereocenters. The fraction of sp³-hybridized carbons (Fsp3) is 0.625. The molecule has 0 saturated heterocycles. The second-order valence-corrected chi connectivity index (χ2v) is 4.87. The van der Waals surface area contributed by atoms with E-state index in [2.05, 4.69) is 0 Å². The van der Waals surface area contributed by atoms with Gasteiger partial charge in [0.25, 0.3) is 0 Å². The molecule has 0 aromatic carbocycles. The number of carbonyl (C=O) groups is 1. The first kappa shape index (κ1) is 10.6. The van der Waals surface area contributed by atoms with Gasteiger partial charge in [-0.25, -0.2) is 0 Å². The molecule has 0 heterocycles. The molecule has 0 radical (unpaired) electrons. The maximum absolute atomic E-state index is 11.3. The van der Waals surface area contributed by atoms with E-state index in [9.17, 15) is 9.36 Å². The van der Waals surface area contributed by atoms with Crippen LogP contribution in [0.2, 0.25) is 0 Å². The van der Waals surface area contributed by atoms with Crippen LogP contribution in [0.25, 0.3) is 0 Å². The molecule has 1 aliphatic rings. The van der Waals surface area contributed by atoms with E-state index in [0.29, 0.717) is 12.0 Å². The minimum Gasteiger partial charge on any atom is -0.324 e. The van der Waals surface area contributed by atoms with E-state index in [1.807, 2.05) is 0 Å². The summed E-state index contributed by atoms with van der Waals surface area (Å²) in [5.74, 6) is -0.395. The van der Waals surface area contributed by atoms with Gasteiger partial charge in [0.1, 0.15) is 6.16 Å². The Morgan fingerprint density at radius 2 is 2.15 bits per heavy atom. The highest BCUT2D eigenvalue weighted by Gasteiger charge is 2.22. The van der Waals surface area contributed by atoms with Crippen LogP contribution in [0.5, 0.6) is 0 Å². The molecular formula is C8H13O4P. The van der Waals surface area contributed by atoms with E-state index in [4.69, 9.17) is 9.79 Å². The molecule has 0 saturated carbocycles. The maximum Gasteiger partial charge on any atom is 0.333 e. The zero-order chi connectivity index (χ0) is 9.90. The van der Waals surface area contributed by atoms with Crippen molar-refractivity contribution in [1.82, 2.24) is 0 Å². The van der Waals surface area contributed by atoms with Crippen LogP contribution in [0.3, 0.4) is 0 Å². The minimum absolute atomic E-state index is 0.395. The quantitative estimate of drug-likeness (QED) is 0.678. The monoisotopic (exact) mass is 204 g/mol. The van der Waals surface area contributed by atoms with Crippen molar-refractivity contribution in [3.8, 4) is 0 Å². The standard InChI is InChI=1S/C8H13O4P/c9-8(6-13(10,11)12)7-4-2-1-3-5-7/h4H,1-3,5-6H2,(H2,10,11,12). The third-order valence-corrected chi connectivity index (χ3v) is 2.70. The van der Waals surface area contributed by atoms with Crippen molar-refractivity contribution in [2.45, 2.75) is 25.7 Å². The van der Waals surface area contributed by atoms with Crippen LogP contribution < -0.4 is 0 Å². The summed E-state index contributed by atoms with van der Waals surface area (Å²) in [6, 6.07) is 0. The third-order valence-electron chi connectivity index (χ3n) is 2.00. The summed E-state index contributed by atoms with van der Waals surface area (Å²) in [7, 11) is -4.18. The van der Waals surface area contributed by atoms with Crippen LogP contribution in [-0.2, 0) is 9.36 Å². The number of hydrogen-bond acceptors (Lipinski definition) is 2. The number of rotatable bonds is 3. The van der Waals surface area contributed by atoms with Crippen LogP contribution in [0.1, 0.15) is 25.7 Å². The molecule has 1 aliphatic carbocycles. The van der Waals surface area contributed by atoms with Gasteiger partial charge in [0.05, 0.1) is 0 Å². The Kier molecular flexibility index (Phi) is 3.42. The first-order valence-corrected chi connectivity index (χ1v) is 6.05. The first-order valence-electron chi connectivity index (χ1n) is 4.26. The van der Waals surface area contributed by atoms with Gasteiger partial charge in [-0.1, -0.05) is 6.08 Å². The Morgan fingerprint density at radius 1 is 1.46 bits per heavy atom. The van der Waals surface area contributed by atoms with Crippen molar-refractivity contribution in [2.24, 2.45) is 0 Å². The molecule has 2 N–H and O–H groups in total. The number of allylic oxidation sites excluding steroid dienone is 2. The van der Waals surface area contributed by atoms with Crippen LogP contribution in [0, 0.1) is 0 Å². The zero-order valence-corrected chi connectivity index (χ0v) is 8.17. The van der Waals surface area contributed by atoms with Gasteiger partial charge in [-0.2, -0.15) is 0 Å². The Morgan fingerprint density at radius 3 is 2.62 bits per heavy atom. The summed E-state index contributed by atoms with van der Waals surface area (Å²) in [6.45, 7) is 0. The Bertz CT molecular complexity index is 276. The van der Waals surface area contributed by atoms with Gasteiger partial charge in [0, 0.05) is 0 Å². The lowest BCUT2D eigenvalue weighted by Crippen LogP contribution is -2.10. The fourth-order valence-electron chi connectivity index (χ4n) is 1.38. The summed E-state index contributed by atoms with van der Waals surface area (Å²) >= 11 is 0. The number of hydrogen-bond donors (Lipinski definition) is 2. The number of ketones is 1. The molecule has 0 aliphatic heterocycles. The lowest BCUT2D eigenvalue weighted by molar-refractivity contribution is -0.113. The third kappa shape index (κ3) is 3.85. The Hall–Kier alpha value is -0.440. The summed E-state index contributed by atoms with van der Waals surface area (Å²) in [5, 5.41) is 0. The van der Waals surface area contributed by atoms with Gasteiger partial charge in [-0.05, 0) is 31.3 Å². The Balaban J connectivity index is 2.57. The van der Waals surface area contributed by atoms with Gasteiger partial charge >= 0.3 is 7.60 Å². The first-order chi connectivity index (χ1) is 5.99. The zero-order valence-electron chi connectivity index (χ0n) is 7.27. The minimum atomic E-state index is -4.18. The van der Waals surface area contributed by atoms with Gasteiger partial charge in [-0.15, -0.1) is 0 Å². The van der Waals surface area contributed by atoms with Crippen molar-refractivity contribution in [3.05, 3.63) is 11.6 Å². The predicted octanol–water partition coefficient (Wildman–Crippen LogP) is 1.23. The largest absolute Gasteiger partial charge is 0.333 e. The topological polar surface area (TPSA) is 74.6 Å². The second kappa shape index (κ2) is 4.18. The molecule has 74 valence electrons. The van der Waals surface area contributed by atoms with E-state index in [1.54, 1.807) is 6.08 Å². The van der Waals surface area contributed by atoms with Crippen molar-refractivity contribution in [2.75, 3.05) is 6.16 Å². The van der Waals surface area contributed by atoms with Crippen LogP contribution >= 0.6 is 7.60 Å². The Labute approximate surface area is 76.8 Å². The van der Waals surface area contributed by atoms with E-state index in [0.717, 1.165) is 19.3 Å². The highest BCUT2D eigenvalue weighted by molar-refractivity contribution is 7.52. The van der Waals surface area contributed by atoms with E-state index >= 15 is 0 Å². The molecule has 0 atom stereocenters. The molecule has 13 heavy (non-hydrogen) atoms. The smallest absolute Gasteiger partial charge is 0.324 e. The van der Waals surface area contributed by atoms with Gasteiger partial charge in [-0.3, -0.25) is 9.36 Å². The van der Waals surface area contributed by atoms with Crippen LogP contribution in [-0.4, -0.2) is 21.7 Å². The number of carbonyl (C=O) groups excluding carboxylic acids is 1. The number of Topliss-reactive ketones (excluding diaryl/α,β-unsaturated/α-hetero) is 1. The normalized spacial score (nSPS) is 18.2. The summed E-state index contributed by atoms with van der Waals surface area (Å²) in [5.41, 5.74) is 0.592. The fourth-order valence-corrected chi connectivity index (χ4v) is 1.96. The molecular weight excluding hydrogens is 191 g/mol. The molecule has 0 fully saturated rings. The summed E-state index contributed by atoms with van der Waals surface area (Å²) in [4.78, 5) is 28.4. The van der Waals surface area contributed by atoms with Crippen molar-refractivity contribution in [1.29, 1.82) is 0 Å². The lowest BCUT2D eigenvalue weighted by atomic mass is 9.97. The van der Waals surface area contributed by atoms with Crippen LogP contribution in [0.4, 0.5) is 0 Å². The van der Waals surface area contributed by atoms with Crippen molar-refractivity contribution >= 4 is 13.4 Å². The van der Waals surface area contributed by atoms with E-state index in [-0.39, 0.29) is 0 Å². The molecule has 1 rings (SSSR count). The average Bonchev–Trinajstić information content (AvgIpc) is 2.03. The molecule has 0 aromatic rings. The molecule has 5 heteroatoms. The predicted molar refractivity (Wildman–Crippen MR) is 48.5 cm³/mol. The van der Waals surface area contributed by atoms with Crippen molar-refractivity contribution < 1.29 is 19.1 Å². The lowest BCUT2D eigenvalue weighted by Gasteiger charge is -2.11. The highest BCUT2D eigenvalue weighted by atomic mass is 31.2. The average molecular weight is 204 g/mol. The van der Waals surface area contributed by atoms with Gasteiger partial charge in [0.2, 0.25) is 0 Å². The van der Waals surface area contributed by atoms with E-state index in [1.165, 1.54) is 0 Å². The highest BCUT2D eigenvalue weighted by Crippen LogP contribution is 2.35. The molecule has 0 amide bonds. The molecule has 4 nitrogen and oxygen atoms in total. The van der Waals surface area contributed by atoms with Gasteiger partial charge < -0.3 is 9.79 Å². The molecule has 0 aromatic heterocycles. The molecule has 0 bridgehead atoms. The van der Waals surface area contributed by atoms with Crippen molar-refractivity contribution in [3.63, 3.8) is 0 Å². The SMILES string of the molecule is O=C(CP(=O)(O)O)C1=CCCCC1. The summed E-state index contributed by atoms with van der Waals surface area (Å²) in [6.07, 6.45) is 4.67. The summed E-state index contributed by atoms with van der Waals surface area (Å²) < 4.78 is 10.5. The van der Waals surface area contributed by atoms with Crippen LogP contribution in [0.15, 0.2) is 11.6 Å². The van der Waals surface area contributed by atoms with Gasteiger partial charge in [0.15, 0.2) is 5.78 Å².